The average Bonchev–Trinajstić information content (AvgIpc) is 3.82. The highest BCUT2D eigenvalue weighted by atomic mass is 15.2. The Morgan fingerprint density at radius 3 is 2.12 bits per heavy atom. The van der Waals surface area contributed by atoms with Crippen molar-refractivity contribution in [2.45, 2.75) is 43.1 Å². The summed E-state index contributed by atoms with van der Waals surface area (Å²) in [4.78, 5) is 2.60. The third kappa shape index (κ3) is 6.01. The van der Waals surface area contributed by atoms with Gasteiger partial charge < -0.3 is 4.90 Å². The standard InChI is InChI=1S/C57H45N/c1-4-17-39(18-5-1)35-53(40-19-6-2-7-20-40)44-25-14-23-42(36-44)43-24-15-26-46(37-43)58-54-32-13-12-27-48(54)49-34-33-45(38-55(49)58)47-30-16-31-52-56(41-21-8-3-9-22-41)50-28-10-11-29-51(50)57(47)52/h1-9,11-27,29-34,36-38,49,53,55-56H,10,28,35H2. The van der Waals surface area contributed by atoms with E-state index in [-0.39, 0.29) is 17.9 Å². The molecule has 1 heterocycles. The maximum Gasteiger partial charge on any atom is 0.0635 e. The lowest BCUT2D eigenvalue weighted by atomic mass is 9.83. The number of rotatable bonds is 8. The van der Waals surface area contributed by atoms with E-state index < -0.39 is 0 Å². The largest absolute Gasteiger partial charge is 0.333 e. The van der Waals surface area contributed by atoms with Crippen LogP contribution in [0.25, 0.3) is 22.3 Å². The fourth-order valence-electron chi connectivity index (χ4n) is 10.4. The van der Waals surface area contributed by atoms with Gasteiger partial charge in [0.25, 0.3) is 0 Å². The molecule has 4 aliphatic rings. The minimum absolute atomic E-state index is 0.157. The van der Waals surface area contributed by atoms with Gasteiger partial charge in [-0.1, -0.05) is 200 Å². The van der Waals surface area contributed by atoms with Gasteiger partial charge >= 0.3 is 0 Å². The van der Waals surface area contributed by atoms with Crippen LogP contribution in [-0.4, -0.2) is 6.04 Å². The van der Waals surface area contributed by atoms with Gasteiger partial charge in [0.1, 0.15) is 0 Å². The molecule has 278 valence electrons. The fourth-order valence-corrected chi connectivity index (χ4v) is 10.4. The minimum Gasteiger partial charge on any atom is -0.333 e. The number of fused-ring (bicyclic) bond motifs is 5. The van der Waals surface area contributed by atoms with Crippen LogP contribution in [0.2, 0.25) is 0 Å². The summed E-state index contributed by atoms with van der Waals surface area (Å²) in [6, 6.07) is 67.7. The molecule has 7 aromatic carbocycles. The van der Waals surface area contributed by atoms with E-state index in [0.717, 1.165) is 19.3 Å². The van der Waals surface area contributed by atoms with Crippen LogP contribution in [0, 0.1) is 0 Å². The Bertz CT molecular complexity index is 2770. The van der Waals surface area contributed by atoms with Crippen molar-refractivity contribution < 1.29 is 0 Å². The molecular weight excluding hydrogens is 699 g/mol. The SMILES string of the molecule is C1=CC2=C(CC1)C(c1ccccc1)c1cccc(C3=CC4C(C=C3)c3ccccc3N4c3cccc(-c4cccc(C(Cc5ccccc5)c5ccccc5)c4)c3)c12. The molecule has 58 heavy (non-hydrogen) atoms. The van der Waals surface area contributed by atoms with E-state index in [1.54, 1.807) is 5.57 Å². The Labute approximate surface area is 342 Å². The highest BCUT2D eigenvalue weighted by molar-refractivity contribution is 5.95. The van der Waals surface area contributed by atoms with Gasteiger partial charge in [-0.15, -0.1) is 0 Å². The van der Waals surface area contributed by atoms with E-state index in [0.29, 0.717) is 5.92 Å². The molecule has 3 aliphatic carbocycles. The van der Waals surface area contributed by atoms with Gasteiger partial charge in [0.15, 0.2) is 0 Å². The first-order valence-electron chi connectivity index (χ1n) is 20.9. The third-order valence-electron chi connectivity index (χ3n) is 13.0. The van der Waals surface area contributed by atoms with Gasteiger partial charge in [0, 0.05) is 29.1 Å². The summed E-state index contributed by atoms with van der Waals surface area (Å²) < 4.78 is 0. The van der Waals surface area contributed by atoms with Gasteiger partial charge in [0.05, 0.1) is 6.04 Å². The lowest BCUT2D eigenvalue weighted by molar-refractivity contribution is 0.747. The second-order valence-corrected chi connectivity index (χ2v) is 16.2. The topological polar surface area (TPSA) is 3.24 Å². The van der Waals surface area contributed by atoms with E-state index >= 15 is 0 Å². The van der Waals surface area contributed by atoms with Crippen LogP contribution in [0.15, 0.2) is 218 Å². The number of nitrogens with zero attached hydrogens (tertiary/aromatic N) is 1. The molecule has 0 radical (unpaired) electrons. The quantitative estimate of drug-likeness (QED) is 0.150. The Morgan fingerprint density at radius 2 is 1.28 bits per heavy atom. The van der Waals surface area contributed by atoms with Crippen molar-refractivity contribution in [3.8, 4) is 11.1 Å². The summed E-state index contributed by atoms with van der Waals surface area (Å²) in [5, 5.41) is 0. The molecule has 11 rings (SSSR count). The van der Waals surface area contributed by atoms with Crippen molar-refractivity contribution in [3.05, 3.63) is 262 Å². The maximum atomic E-state index is 2.60. The Morgan fingerprint density at radius 1 is 0.586 bits per heavy atom. The van der Waals surface area contributed by atoms with E-state index in [9.17, 15) is 0 Å². The van der Waals surface area contributed by atoms with Crippen molar-refractivity contribution in [1.82, 2.24) is 0 Å². The summed E-state index contributed by atoms with van der Waals surface area (Å²) in [5.41, 5.74) is 20.3. The second-order valence-electron chi connectivity index (χ2n) is 16.2. The van der Waals surface area contributed by atoms with Gasteiger partial charge in [-0.25, -0.2) is 0 Å². The molecule has 7 aromatic rings. The first kappa shape index (κ1) is 34.5. The fraction of sp³-hybridized carbons (Fsp3) is 0.123. The van der Waals surface area contributed by atoms with Crippen LogP contribution in [0.3, 0.4) is 0 Å². The lowest BCUT2D eigenvalue weighted by Gasteiger charge is -2.31. The molecule has 1 aliphatic heterocycles. The van der Waals surface area contributed by atoms with Crippen molar-refractivity contribution in [1.29, 1.82) is 0 Å². The lowest BCUT2D eigenvalue weighted by Crippen LogP contribution is -2.29. The Kier molecular flexibility index (Phi) is 8.73. The summed E-state index contributed by atoms with van der Waals surface area (Å²) >= 11 is 0. The van der Waals surface area contributed by atoms with E-state index in [4.69, 9.17) is 0 Å². The molecule has 0 saturated heterocycles. The predicted molar refractivity (Wildman–Crippen MR) is 243 cm³/mol. The third-order valence-corrected chi connectivity index (χ3v) is 13.0. The second kappa shape index (κ2) is 14.7. The number of allylic oxidation sites excluding steroid dienone is 6. The first-order chi connectivity index (χ1) is 28.8. The summed E-state index contributed by atoms with van der Waals surface area (Å²) in [6.45, 7) is 0. The highest BCUT2D eigenvalue weighted by Crippen LogP contribution is 2.54. The minimum atomic E-state index is 0.157. The number of anilines is 2. The zero-order valence-electron chi connectivity index (χ0n) is 32.6. The maximum absolute atomic E-state index is 2.60. The van der Waals surface area contributed by atoms with Crippen LogP contribution in [0.4, 0.5) is 11.4 Å². The smallest absolute Gasteiger partial charge is 0.0635 e. The van der Waals surface area contributed by atoms with E-state index in [2.05, 4.69) is 217 Å². The molecule has 0 saturated carbocycles. The normalized spacial score (nSPS) is 19.3. The highest BCUT2D eigenvalue weighted by Gasteiger charge is 2.40. The van der Waals surface area contributed by atoms with E-state index in [1.165, 1.54) is 78.2 Å². The van der Waals surface area contributed by atoms with Gasteiger partial charge in [-0.05, 0) is 104 Å². The monoisotopic (exact) mass is 743 g/mol. The van der Waals surface area contributed by atoms with Crippen LogP contribution < -0.4 is 4.90 Å². The number of benzene rings is 7. The van der Waals surface area contributed by atoms with Crippen LogP contribution in [-0.2, 0) is 6.42 Å². The molecule has 1 nitrogen and oxygen atoms in total. The number of para-hydroxylation sites is 1. The van der Waals surface area contributed by atoms with Crippen molar-refractivity contribution in [2.24, 2.45) is 0 Å². The van der Waals surface area contributed by atoms with Crippen LogP contribution >= 0.6 is 0 Å². The summed E-state index contributed by atoms with van der Waals surface area (Å²) in [5.74, 6) is 0.843. The molecular formula is C57H45N. The van der Waals surface area contributed by atoms with Crippen LogP contribution in [0.1, 0.15) is 75.1 Å². The van der Waals surface area contributed by atoms with Crippen molar-refractivity contribution in [3.63, 3.8) is 0 Å². The molecule has 0 fully saturated rings. The number of hydrogen-bond acceptors (Lipinski definition) is 1. The molecule has 0 N–H and O–H groups in total. The zero-order valence-corrected chi connectivity index (χ0v) is 32.6. The molecule has 1 heteroatoms. The predicted octanol–water partition coefficient (Wildman–Crippen LogP) is 14.2. The Balaban J connectivity index is 0.977. The van der Waals surface area contributed by atoms with Gasteiger partial charge in [-0.2, -0.15) is 0 Å². The summed E-state index contributed by atoms with van der Waals surface area (Å²) in [6.07, 6.45) is 15.4. The van der Waals surface area contributed by atoms with Gasteiger partial charge in [0.2, 0.25) is 0 Å². The first-order valence-corrected chi connectivity index (χ1v) is 20.9. The van der Waals surface area contributed by atoms with Crippen LogP contribution in [0.5, 0.6) is 0 Å². The molecule has 0 aromatic heterocycles. The van der Waals surface area contributed by atoms with Gasteiger partial charge in [-0.3, -0.25) is 0 Å². The average molecular weight is 744 g/mol. The molecule has 0 bridgehead atoms. The van der Waals surface area contributed by atoms with Crippen molar-refractivity contribution >= 4 is 22.5 Å². The Hall–Kier alpha value is -6.70. The molecule has 4 unspecified atom stereocenters. The molecule has 0 spiro atoms. The number of hydrogen-bond donors (Lipinski definition) is 0. The molecule has 0 amide bonds. The van der Waals surface area contributed by atoms with E-state index in [1.807, 2.05) is 0 Å². The summed E-state index contributed by atoms with van der Waals surface area (Å²) in [7, 11) is 0. The molecule has 4 atom stereocenters. The zero-order chi connectivity index (χ0) is 38.4. The van der Waals surface area contributed by atoms with Crippen molar-refractivity contribution in [2.75, 3.05) is 4.90 Å².